The number of aromatic nitrogens is 1. The van der Waals surface area contributed by atoms with Gasteiger partial charge in [0.05, 0.1) is 11.0 Å². The van der Waals surface area contributed by atoms with Crippen molar-refractivity contribution in [3.63, 3.8) is 0 Å². The Balaban J connectivity index is 1.24. The van der Waals surface area contributed by atoms with Gasteiger partial charge in [0.15, 0.2) is 0 Å². The second-order valence-corrected chi connectivity index (χ2v) is 12.5. The second kappa shape index (κ2) is 10.2. The average Bonchev–Trinajstić information content (AvgIpc) is 3.50. The minimum Gasteiger partial charge on any atom is -0.309 e. The molecule has 0 aliphatic carbocycles. The molecule has 0 spiro atoms. The minimum atomic E-state index is 1.16. The van der Waals surface area contributed by atoms with Crippen molar-refractivity contribution in [3.05, 3.63) is 176 Å². The zero-order valence-electron chi connectivity index (χ0n) is 25.7. The van der Waals surface area contributed by atoms with Crippen molar-refractivity contribution in [3.8, 4) is 27.9 Å². The quantitative estimate of drug-likeness (QED) is 0.179. The lowest BCUT2D eigenvalue weighted by atomic mass is 9.86. The molecule has 0 saturated heterocycles. The maximum absolute atomic E-state index is 2.45. The van der Waals surface area contributed by atoms with Crippen LogP contribution in [0.15, 0.2) is 176 Å². The Kier molecular flexibility index (Phi) is 5.64. The Bertz CT molecular complexity index is 2670. The standard InChI is InChI=1S/C46H29N/c1-2-14-32(15-3-1)43-37-18-8-10-20-39(37)44(40-21-11-9-19-38(40)43)33-22-26-34(27-23-33)47-41-28-24-30-12-4-6-16-35(30)45(41)46-36-17-7-5-13-31(36)25-29-42(46)47/h1-29H. The predicted molar refractivity (Wildman–Crippen MR) is 202 cm³/mol. The summed E-state index contributed by atoms with van der Waals surface area (Å²) in [6.07, 6.45) is 0. The number of fused-ring (bicyclic) bond motifs is 9. The summed E-state index contributed by atoms with van der Waals surface area (Å²) in [4.78, 5) is 0. The first kappa shape index (κ1) is 26.1. The van der Waals surface area contributed by atoms with Crippen LogP contribution in [0, 0.1) is 0 Å². The van der Waals surface area contributed by atoms with E-state index >= 15 is 0 Å². The molecule has 0 aliphatic heterocycles. The van der Waals surface area contributed by atoms with Crippen LogP contribution in [0.25, 0.3) is 92.8 Å². The molecule has 218 valence electrons. The van der Waals surface area contributed by atoms with Crippen LogP contribution in [0.3, 0.4) is 0 Å². The summed E-state index contributed by atoms with van der Waals surface area (Å²) in [5.41, 5.74) is 8.65. The Morgan fingerprint density at radius 2 is 0.660 bits per heavy atom. The highest BCUT2D eigenvalue weighted by molar-refractivity contribution is 6.28. The van der Waals surface area contributed by atoms with Crippen molar-refractivity contribution in [1.29, 1.82) is 0 Å². The summed E-state index contributed by atoms with van der Waals surface area (Å²) < 4.78 is 2.45. The second-order valence-electron chi connectivity index (χ2n) is 12.5. The van der Waals surface area contributed by atoms with Gasteiger partial charge in [-0.25, -0.2) is 0 Å². The van der Waals surface area contributed by atoms with Crippen molar-refractivity contribution < 1.29 is 0 Å². The molecule has 0 saturated carbocycles. The van der Waals surface area contributed by atoms with Crippen molar-refractivity contribution in [2.45, 2.75) is 0 Å². The van der Waals surface area contributed by atoms with E-state index < -0.39 is 0 Å². The third-order valence-corrected chi connectivity index (χ3v) is 9.95. The van der Waals surface area contributed by atoms with E-state index in [2.05, 4.69) is 180 Å². The van der Waals surface area contributed by atoms with Gasteiger partial charge in [-0.1, -0.05) is 152 Å². The van der Waals surface area contributed by atoms with Crippen molar-refractivity contribution in [1.82, 2.24) is 4.57 Å². The molecular weight excluding hydrogens is 567 g/mol. The predicted octanol–water partition coefficient (Wildman–Crippen LogP) is 12.7. The minimum absolute atomic E-state index is 1.16. The van der Waals surface area contributed by atoms with E-state index in [4.69, 9.17) is 0 Å². The summed E-state index contributed by atoms with van der Waals surface area (Å²) in [5.74, 6) is 0. The largest absolute Gasteiger partial charge is 0.309 e. The molecule has 0 atom stereocenters. The Hall–Kier alpha value is -6.18. The third-order valence-electron chi connectivity index (χ3n) is 9.95. The number of rotatable bonds is 3. The van der Waals surface area contributed by atoms with Crippen LogP contribution >= 0.6 is 0 Å². The van der Waals surface area contributed by atoms with E-state index in [0.717, 1.165) is 5.69 Å². The normalized spacial score (nSPS) is 11.8. The van der Waals surface area contributed by atoms with Crippen molar-refractivity contribution >= 4 is 64.9 Å². The van der Waals surface area contributed by atoms with Crippen LogP contribution in [-0.2, 0) is 0 Å². The van der Waals surface area contributed by atoms with E-state index in [9.17, 15) is 0 Å². The van der Waals surface area contributed by atoms with E-state index in [-0.39, 0.29) is 0 Å². The monoisotopic (exact) mass is 595 g/mol. The lowest BCUT2D eigenvalue weighted by molar-refractivity contribution is 1.18. The first-order valence-corrected chi connectivity index (χ1v) is 16.3. The SMILES string of the molecule is c1ccc(-c2c3ccccc3c(-c3ccc(-n4c5ccc6ccccc6c5c5c6ccccc6ccc54)cc3)c3ccccc23)cc1. The van der Waals surface area contributed by atoms with Crippen molar-refractivity contribution in [2.75, 3.05) is 0 Å². The van der Waals surface area contributed by atoms with Crippen LogP contribution in [-0.4, -0.2) is 4.57 Å². The van der Waals surface area contributed by atoms with Gasteiger partial charge in [0, 0.05) is 16.5 Å². The molecule has 0 aliphatic rings. The molecule has 1 aromatic heterocycles. The summed E-state index contributed by atoms with van der Waals surface area (Å²) in [6.45, 7) is 0. The van der Waals surface area contributed by atoms with Gasteiger partial charge in [-0.2, -0.15) is 0 Å². The highest BCUT2D eigenvalue weighted by atomic mass is 15.0. The van der Waals surface area contributed by atoms with Crippen molar-refractivity contribution in [2.24, 2.45) is 0 Å². The molecule has 9 aromatic carbocycles. The molecule has 0 bridgehead atoms. The zero-order valence-corrected chi connectivity index (χ0v) is 25.7. The molecular formula is C46H29N. The topological polar surface area (TPSA) is 4.93 Å². The van der Waals surface area contributed by atoms with Gasteiger partial charge in [-0.05, 0) is 89.6 Å². The lowest BCUT2D eigenvalue weighted by Gasteiger charge is -2.18. The molecule has 0 fully saturated rings. The van der Waals surface area contributed by atoms with Crippen LogP contribution in [0.4, 0.5) is 0 Å². The van der Waals surface area contributed by atoms with Gasteiger partial charge < -0.3 is 4.57 Å². The van der Waals surface area contributed by atoms with Crippen LogP contribution in [0.1, 0.15) is 0 Å². The maximum Gasteiger partial charge on any atom is 0.0547 e. The van der Waals surface area contributed by atoms with Gasteiger partial charge >= 0.3 is 0 Å². The van der Waals surface area contributed by atoms with E-state index in [1.54, 1.807) is 0 Å². The lowest BCUT2D eigenvalue weighted by Crippen LogP contribution is -1.95. The zero-order chi connectivity index (χ0) is 30.9. The highest BCUT2D eigenvalue weighted by Crippen LogP contribution is 2.44. The molecule has 1 heteroatoms. The average molecular weight is 596 g/mol. The first-order chi connectivity index (χ1) is 23.3. The summed E-state index contributed by atoms with van der Waals surface area (Å²) in [6, 6.07) is 64.4. The molecule has 47 heavy (non-hydrogen) atoms. The Morgan fingerprint density at radius 3 is 1.13 bits per heavy atom. The maximum atomic E-state index is 2.45. The number of nitrogens with zero attached hydrogens (tertiary/aromatic N) is 1. The Labute approximate surface area is 272 Å². The van der Waals surface area contributed by atoms with Crippen LogP contribution in [0.5, 0.6) is 0 Å². The fourth-order valence-electron chi connectivity index (χ4n) is 7.96. The number of hydrogen-bond donors (Lipinski definition) is 0. The third kappa shape index (κ3) is 3.84. The summed E-state index contributed by atoms with van der Waals surface area (Å²) >= 11 is 0. The van der Waals surface area contributed by atoms with E-state index in [1.807, 2.05) is 0 Å². The molecule has 0 unspecified atom stereocenters. The fourth-order valence-corrected chi connectivity index (χ4v) is 7.96. The fraction of sp³-hybridized carbons (Fsp3) is 0. The summed E-state index contributed by atoms with van der Waals surface area (Å²) in [5, 5.41) is 12.8. The molecule has 0 N–H and O–H groups in total. The van der Waals surface area contributed by atoms with Crippen LogP contribution < -0.4 is 0 Å². The van der Waals surface area contributed by atoms with Gasteiger partial charge in [0.25, 0.3) is 0 Å². The molecule has 0 radical (unpaired) electrons. The van der Waals surface area contributed by atoms with Gasteiger partial charge in [0.1, 0.15) is 0 Å². The van der Waals surface area contributed by atoms with Gasteiger partial charge in [0.2, 0.25) is 0 Å². The van der Waals surface area contributed by atoms with Gasteiger partial charge in [-0.3, -0.25) is 0 Å². The van der Waals surface area contributed by atoms with Crippen LogP contribution in [0.2, 0.25) is 0 Å². The number of benzene rings is 9. The molecule has 0 amide bonds. The van der Waals surface area contributed by atoms with Gasteiger partial charge in [-0.15, -0.1) is 0 Å². The van der Waals surface area contributed by atoms with E-state index in [0.29, 0.717) is 0 Å². The number of hydrogen-bond acceptors (Lipinski definition) is 0. The molecule has 1 heterocycles. The smallest absolute Gasteiger partial charge is 0.0547 e. The highest BCUT2D eigenvalue weighted by Gasteiger charge is 2.19. The molecule has 10 aromatic rings. The summed E-state index contributed by atoms with van der Waals surface area (Å²) in [7, 11) is 0. The Morgan fingerprint density at radius 1 is 0.277 bits per heavy atom. The molecule has 10 rings (SSSR count). The molecule has 1 nitrogen and oxygen atoms in total. The first-order valence-electron chi connectivity index (χ1n) is 16.3. The van der Waals surface area contributed by atoms with E-state index in [1.165, 1.54) is 87.1 Å².